The van der Waals surface area contributed by atoms with E-state index in [1.807, 2.05) is 27.7 Å². The van der Waals surface area contributed by atoms with Crippen LogP contribution in [0.1, 0.15) is 40.5 Å². The normalized spacial score (nSPS) is 32.6. The largest absolute Gasteiger partial charge is 0.525 e. The van der Waals surface area contributed by atoms with E-state index in [-0.39, 0.29) is 11.8 Å². The van der Waals surface area contributed by atoms with E-state index in [4.69, 9.17) is 9.31 Å². The van der Waals surface area contributed by atoms with Gasteiger partial charge in [-0.05, 0) is 52.0 Å². The number of imide groups is 1. The number of hydrogen-bond donors (Lipinski definition) is 2. The van der Waals surface area contributed by atoms with Crippen molar-refractivity contribution < 1.29 is 23.3 Å². The number of allylic oxidation sites excluding steroid dienone is 1. The molecule has 2 aliphatic heterocycles. The van der Waals surface area contributed by atoms with Crippen LogP contribution in [0.15, 0.2) is 11.3 Å². The van der Waals surface area contributed by atoms with Gasteiger partial charge in [-0.1, -0.05) is 0 Å². The van der Waals surface area contributed by atoms with E-state index in [0.29, 0.717) is 18.4 Å². The average molecular weight is 310 g/mol. The number of nitrogens with one attached hydrogen (secondary N) is 2. The van der Waals surface area contributed by atoms with E-state index in [9.17, 15) is 14.0 Å². The van der Waals surface area contributed by atoms with Gasteiger partial charge in [0.05, 0.1) is 11.2 Å². The second kappa shape index (κ2) is 4.79. The summed E-state index contributed by atoms with van der Waals surface area (Å²) >= 11 is 0. The molecule has 22 heavy (non-hydrogen) atoms. The molecule has 0 aromatic rings. The molecular weight excluding hydrogens is 290 g/mol. The Hall–Kier alpha value is -1.41. The molecule has 2 saturated heterocycles. The lowest BCUT2D eigenvalue weighted by Gasteiger charge is -2.33. The lowest BCUT2D eigenvalue weighted by molar-refractivity contribution is -0.121. The zero-order valence-corrected chi connectivity index (χ0v) is 13.2. The van der Waals surface area contributed by atoms with Crippen molar-refractivity contribution in [3.8, 4) is 0 Å². The Kier molecular flexibility index (Phi) is 3.38. The minimum absolute atomic E-state index is 0.0744. The maximum atomic E-state index is 14.5. The SMILES string of the molecule is CC1(C)OB(C(F)=C2CC(C3NC(=O)NC3=O)C2)OC1(C)C. The Morgan fingerprint density at radius 2 is 1.73 bits per heavy atom. The Morgan fingerprint density at radius 3 is 2.18 bits per heavy atom. The Morgan fingerprint density at radius 1 is 1.18 bits per heavy atom. The second-order valence-corrected chi connectivity index (χ2v) is 7.15. The fourth-order valence-corrected chi connectivity index (χ4v) is 2.88. The van der Waals surface area contributed by atoms with Crippen molar-refractivity contribution in [3.05, 3.63) is 11.3 Å². The van der Waals surface area contributed by atoms with Crippen LogP contribution in [0, 0.1) is 5.92 Å². The van der Waals surface area contributed by atoms with Crippen LogP contribution in [0.2, 0.25) is 0 Å². The first-order chi connectivity index (χ1) is 10.1. The Labute approximate surface area is 128 Å². The van der Waals surface area contributed by atoms with E-state index < -0.39 is 36.1 Å². The number of amides is 3. The molecule has 8 heteroatoms. The third-order valence-corrected chi connectivity index (χ3v) is 5.09. The lowest BCUT2D eigenvalue weighted by Crippen LogP contribution is -2.42. The second-order valence-electron chi connectivity index (χ2n) is 7.15. The molecule has 3 amide bonds. The summed E-state index contributed by atoms with van der Waals surface area (Å²) in [6, 6.07) is -1.05. The number of urea groups is 1. The number of carbonyl (C=O) groups excluding carboxylic acids is 2. The molecule has 1 unspecified atom stereocenters. The van der Waals surface area contributed by atoms with Crippen LogP contribution in [-0.4, -0.2) is 36.3 Å². The number of halogens is 1. The van der Waals surface area contributed by atoms with Crippen molar-refractivity contribution in [1.82, 2.24) is 10.6 Å². The highest BCUT2D eigenvalue weighted by atomic mass is 19.1. The van der Waals surface area contributed by atoms with Crippen molar-refractivity contribution in [2.45, 2.75) is 57.8 Å². The molecule has 0 spiro atoms. The predicted molar refractivity (Wildman–Crippen MR) is 77.4 cm³/mol. The van der Waals surface area contributed by atoms with Gasteiger partial charge in [0.15, 0.2) is 0 Å². The van der Waals surface area contributed by atoms with Crippen LogP contribution in [-0.2, 0) is 14.1 Å². The predicted octanol–water partition coefficient (Wildman–Crippen LogP) is 1.46. The maximum absolute atomic E-state index is 14.5. The zero-order chi connectivity index (χ0) is 16.3. The fraction of sp³-hybridized carbons (Fsp3) is 0.714. The van der Waals surface area contributed by atoms with Crippen LogP contribution in [0.3, 0.4) is 0 Å². The molecule has 2 N–H and O–H groups in total. The molecular formula is C14H20BFN2O4. The highest BCUT2D eigenvalue weighted by molar-refractivity contribution is 6.53. The molecule has 1 saturated carbocycles. The molecule has 3 aliphatic rings. The summed E-state index contributed by atoms with van der Waals surface area (Å²) in [7, 11) is -0.993. The quantitative estimate of drug-likeness (QED) is 0.598. The Balaban J connectivity index is 1.65. The van der Waals surface area contributed by atoms with Gasteiger partial charge in [0.2, 0.25) is 0 Å². The fourth-order valence-electron chi connectivity index (χ4n) is 2.88. The van der Waals surface area contributed by atoms with Crippen LogP contribution >= 0.6 is 0 Å². The molecule has 0 bridgehead atoms. The zero-order valence-electron chi connectivity index (χ0n) is 13.2. The van der Waals surface area contributed by atoms with Crippen molar-refractivity contribution >= 4 is 19.1 Å². The van der Waals surface area contributed by atoms with Crippen molar-refractivity contribution in [2.24, 2.45) is 5.92 Å². The van der Waals surface area contributed by atoms with Crippen molar-refractivity contribution in [2.75, 3.05) is 0 Å². The van der Waals surface area contributed by atoms with Gasteiger partial charge in [0.1, 0.15) is 11.8 Å². The number of carbonyl (C=O) groups is 2. The first-order valence-electron chi connectivity index (χ1n) is 7.45. The summed E-state index contributed by atoms with van der Waals surface area (Å²) in [6.07, 6.45) is 0.850. The molecule has 2 heterocycles. The van der Waals surface area contributed by atoms with Gasteiger partial charge in [-0.25, -0.2) is 9.18 Å². The summed E-state index contributed by atoms with van der Waals surface area (Å²) in [6.45, 7) is 7.47. The van der Waals surface area contributed by atoms with Crippen LogP contribution in [0.25, 0.3) is 0 Å². The maximum Gasteiger partial charge on any atom is 0.525 e. The van der Waals surface area contributed by atoms with E-state index >= 15 is 0 Å². The molecule has 0 radical (unpaired) electrons. The standard InChI is InChI=1S/C14H20BFN2O4/c1-13(2)14(3,4)22-15(21-13)10(16)8-5-7(6-8)9-11(19)18-12(20)17-9/h7,9H,5-6H2,1-4H3,(H2,17,18,19,20). The highest BCUT2D eigenvalue weighted by Gasteiger charge is 2.54. The molecule has 1 atom stereocenters. The topological polar surface area (TPSA) is 76.7 Å². The smallest absolute Gasteiger partial charge is 0.398 e. The molecule has 3 fully saturated rings. The first-order valence-corrected chi connectivity index (χ1v) is 7.45. The average Bonchev–Trinajstić information content (AvgIpc) is 2.74. The minimum atomic E-state index is -0.993. The third kappa shape index (κ3) is 2.34. The van der Waals surface area contributed by atoms with Crippen LogP contribution < -0.4 is 10.6 Å². The molecule has 0 aromatic heterocycles. The minimum Gasteiger partial charge on any atom is -0.398 e. The van der Waals surface area contributed by atoms with Crippen molar-refractivity contribution in [1.29, 1.82) is 0 Å². The van der Waals surface area contributed by atoms with E-state index in [0.717, 1.165) is 0 Å². The Bertz CT molecular complexity index is 551. The number of rotatable bonds is 2. The molecule has 120 valence electrons. The van der Waals surface area contributed by atoms with Gasteiger partial charge < -0.3 is 14.6 Å². The van der Waals surface area contributed by atoms with Gasteiger partial charge >= 0.3 is 13.1 Å². The number of hydrogen-bond acceptors (Lipinski definition) is 4. The summed E-state index contributed by atoms with van der Waals surface area (Å²) in [4.78, 5) is 22.7. The van der Waals surface area contributed by atoms with Crippen LogP contribution in [0.5, 0.6) is 0 Å². The van der Waals surface area contributed by atoms with Gasteiger partial charge in [-0.2, -0.15) is 0 Å². The van der Waals surface area contributed by atoms with E-state index in [1.54, 1.807) is 0 Å². The first kappa shape index (κ1) is 15.5. The van der Waals surface area contributed by atoms with Crippen molar-refractivity contribution in [3.63, 3.8) is 0 Å². The molecule has 6 nitrogen and oxygen atoms in total. The van der Waals surface area contributed by atoms with Gasteiger partial charge in [-0.15, -0.1) is 0 Å². The summed E-state index contributed by atoms with van der Waals surface area (Å²) in [5.74, 6) is -0.417. The highest BCUT2D eigenvalue weighted by Crippen LogP contribution is 2.44. The summed E-state index contributed by atoms with van der Waals surface area (Å²) < 4.78 is 25.9. The third-order valence-electron chi connectivity index (χ3n) is 5.09. The molecule has 0 aromatic carbocycles. The van der Waals surface area contributed by atoms with Gasteiger partial charge in [-0.3, -0.25) is 10.1 Å². The molecule has 3 rings (SSSR count). The van der Waals surface area contributed by atoms with E-state index in [2.05, 4.69) is 10.6 Å². The van der Waals surface area contributed by atoms with Gasteiger partial charge in [0, 0.05) is 0 Å². The van der Waals surface area contributed by atoms with E-state index in [1.165, 1.54) is 0 Å². The van der Waals surface area contributed by atoms with Crippen LogP contribution in [0.4, 0.5) is 9.18 Å². The lowest BCUT2D eigenvalue weighted by atomic mass is 9.70. The monoisotopic (exact) mass is 310 g/mol. The summed E-state index contributed by atoms with van der Waals surface area (Å²) in [5, 5.41) is 4.74. The van der Waals surface area contributed by atoms with Gasteiger partial charge in [0.25, 0.3) is 5.91 Å². The summed E-state index contributed by atoms with van der Waals surface area (Å²) in [5.41, 5.74) is -0.979. The molecule has 1 aliphatic carbocycles.